The van der Waals surface area contributed by atoms with Crippen LogP contribution >= 0.6 is 0 Å². The maximum Gasteiger partial charge on any atom is 0.207 e. The predicted octanol–water partition coefficient (Wildman–Crippen LogP) is 2.62. The molecule has 1 atom stereocenters. The Bertz CT molecular complexity index is 636. The lowest BCUT2D eigenvalue weighted by atomic mass is 10.2. The van der Waals surface area contributed by atoms with Crippen LogP contribution in [0.5, 0.6) is 11.5 Å². The summed E-state index contributed by atoms with van der Waals surface area (Å²) >= 11 is 0. The molecule has 0 saturated carbocycles. The van der Waals surface area contributed by atoms with Crippen LogP contribution < -0.4 is 9.47 Å². The van der Waals surface area contributed by atoms with Crippen LogP contribution in [0.2, 0.25) is 0 Å². The van der Waals surface area contributed by atoms with Crippen molar-refractivity contribution in [2.24, 2.45) is 0 Å². The zero-order chi connectivity index (χ0) is 14.7. The van der Waals surface area contributed by atoms with E-state index in [-0.39, 0.29) is 5.75 Å². The normalized spacial score (nSPS) is 12.2. The Morgan fingerprint density at radius 3 is 2.40 bits per heavy atom. The van der Waals surface area contributed by atoms with Crippen molar-refractivity contribution in [2.45, 2.75) is 24.5 Å². The molecule has 2 aromatic rings. The van der Waals surface area contributed by atoms with Gasteiger partial charge in [0.05, 0.1) is 31.2 Å². The first-order chi connectivity index (χ1) is 9.55. The molecule has 1 aromatic carbocycles. The molecule has 0 fully saturated rings. The van der Waals surface area contributed by atoms with Crippen LogP contribution in [0, 0.1) is 13.8 Å². The molecule has 20 heavy (non-hydrogen) atoms. The number of methoxy groups -OCH3 is 2. The SMILES string of the molecule is COc1cc(C)c(S(=O)Cc2ncc(C)o2)cc1OC. The monoisotopic (exact) mass is 295 g/mol. The summed E-state index contributed by atoms with van der Waals surface area (Å²) in [6, 6.07) is 3.55. The van der Waals surface area contributed by atoms with Gasteiger partial charge in [0.25, 0.3) is 0 Å². The Labute approximate surface area is 120 Å². The summed E-state index contributed by atoms with van der Waals surface area (Å²) in [7, 11) is 1.88. The summed E-state index contributed by atoms with van der Waals surface area (Å²) in [6.45, 7) is 3.69. The van der Waals surface area contributed by atoms with Crippen LogP contribution in [0.1, 0.15) is 17.2 Å². The molecular weight excluding hydrogens is 278 g/mol. The van der Waals surface area contributed by atoms with Gasteiger partial charge in [-0.3, -0.25) is 4.21 Å². The summed E-state index contributed by atoms with van der Waals surface area (Å²) in [6.07, 6.45) is 1.62. The molecule has 2 rings (SSSR count). The number of hydrogen-bond donors (Lipinski definition) is 0. The van der Waals surface area contributed by atoms with Crippen LogP contribution in [0.25, 0.3) is 0 Å². The number of ether oxygens (including phenoxy) is 2. The van der Waals surface area contributed by atoms with Gasteiger partial charge in [0.15, 0.2) is 11.5 Å². The molecule has 1 heterocycles. The van der Waals surface area contributed by atoms with Gasteiger partial charge in [0, 0.05) is 11.0 Å². The van der Waals surface area contributed by atoms with Crippen molar-refractivity contribution >= 4 is 10.8 Å². The first kappa shape index (κ1) is 14.6. The van der Waals surface area contributed by atoms with Crippen molar-refractivity contribution < 1.29 is 18.1 Å². The maximum atomic E-state index is 12.4. The Kier molecular flexibility index (Phi) is 4.44. The molecule has 0 aliphatic heterocycles. The molecule has 0 radical (unpaired) electrons. The lowest BCUT2D eigenvalue weighted by Gasteiger charge is -2.11. The van der Waals surface area contributed by atoms with Crippen LogP contribution in [0.15, 0.2) is 27.6 Å². The van der Waals surface area contributed by atoms with E-state index < -0.39 is 10.8 Å². The molecule has 6 heteroatoms. The van der Waals surface area contributed by atoms with Gasteiger partial charge in [-0.05, 0) is 25.5 Å². The molecule has 0 spiro atoms. The fourth-order valence-electron chi connectivity index (χ4n) is 1.87. The zero-order valence-electron chi connectivity index (χ0n) is 11.9. The second-order valence-corrected chi connectivity index (χ2v) is 5.75. The first-order valence-corrected chi connectivity index (χ1v) is 7.39. The Morgan fingerprint density at radius 1 is 1.20 bits per heavy atom. The summed E-state index contributed by atoms with van der Waals surface area (Å²) < 4.78 is 28.2. The highest BCUT2D eigenvalue weighted by molar-refractivity contribution is 7.84. The van der Waals surface area contributed by atoms with Gasteiger partial charge in [0.1, 0.15) is 11.5 Å². The molecular formula is C14H17NO4S. The van der Waals surface area contributed by atoms with Gasteiger partial charge < -0.3 is 13.9 Å². The van der Waals surface area contributed by atoms with E-state index >= 15 is 0 Å². The molecule has 0 amide bonds. The largest absolute Gasteiger partial charge is 0.493 e. The van der Waals surface area contributed by atoms with Crippen molar-refractivity contribution in [3.05, 3.63) is 35.5 Å². The summed E-state index contributed by atoms with van der Waals surface area (Å²) in [4.78, 5) is 4.76. The lowest BCUT2D eigenvalue weighted by Crippen LogP contribution is -2.01. The zero-order valence-corrected chi connectivity index (χ0v) is 12.7. The number of aromatic nitrogens is 1. The highest BCUT2D eigenvalue weighted by Crippen LogP contribution is 2.32. The highest BCUT2D eigenvalue weighted by Gasteiger charge is 2.15. The number of hydrogen-bond acceptors (Lipinski definition) is 5. The topological polar surface area (TPSA) is 61.6 Å². The molecule has 0 aliphatic rings. The van der Waals surface area contributed by atoms with E-state index in [0.717, 1.165) is 5.56 Å². The van der Waals surface area contributed by atoms with Crippen molar-refractivity contribution in [3.8, 4) is 11.5 Å². The molecule has 1 aromatic heterocycles. The minimum Gasteiger partial charge on any atom is -0.493 e. The third-order valence-corrected chi connectivity index (χ3v) is 4.29. The van der Waals surface area contributed by atoms with Crippen LogP contribution in [0.4, 0.5) is 0 Å². The van der Waals surface area contributed by atoms with E-state index in [1.165, 1.54) is 0 Å². The fraction of sp³-hybridized carbons (Fsp3) is 0.357. The smallest absolute Gasteiger partial charge is 0.207 e. The summed E-state index contributed by atoms with van der Waals surface area (Å²) in [5, 5.41) is 0. The molecule has 0 bridgehead atoms. The molecule has 5 nitrogen and oxygen atoms in total. The first-order valence-electron chi connectivity index (χ1n) is 6.07. The van der Waals surface area contributed by atoms with E-state index in [9.17, 15) is 4.21 Å². The molecule has 0 saturated heterocycles. The molecule has 108 valence electrons. The fourth-order valence-corrected chi connectivity index (χ4v) is 3.04. The van der Waals surface area contributed by atoms with E-state index in [2.05, 4.69) is 4.98 Å². The van der Waals surface area contributed by atoms with Gasteiger partial charge in [0.2, 0.25) is 5.89 Å². The second kappa shape index (κ2) is 6.09. The van der Waals surface area contributed by atoms with Crippen molar-refractivity contribution in [3.63, 3.8) is 0 Å². The van der Waals surface area contributed by atoms with Gasteiger partial charge in [-0.25, -0.2) is 4.98 Å². The minimum absolute atomic E-state index is 0.240. The van der Waals surface area contributed by atoms with Gasteiger partial charge in [-0.15, -0.1) is 0 Å². The van der Waals surface area contributed by atoms with E-state index in [1.807, 2.05) is 13.0 Å². The van der Waals surface area contributed by atoms with E-state index in [0.29, 0.717) is 28.0 Å². The average molecular weight is 295 g/mol. The predicted molar refractivity (Wildman–Crippen MR) is 75.6 cm³/mol. The van der Waals surface area contributed by atoms with Gasteiger partial charge in [-0.1, -0.05) is 0 Å². The maximum absolute atomic E-state index is 12.4. The highest BCUT2D eigenvalue weighted by atomic mass is 32.2. The standard InChI is InChI=1S/C14H17NO4S/c1-9-5-11(17-3)12(18-4)6-13(9)20(16)8-14-15-7-10(2)19-14/h5-7H,8H2,1-4H3. The minimum atomic E-state index is -1.25. The molecule has 0 N–H and O–H groups in total. The number of benzene rings is 1. The third kappa shape index (κ3) is 3.01. The number of rotatable bonds is 5. The second-order valence-electron chi connectivity index (χ2n) is 4.33. The van der Waals surface area contributed by atoms with Crippen LogP contribution in [-0.2, 0) is 16.6 Å². The Hall–Kier alpha value is -1.82. The number of aryl methyl sites for hydroxylation is 2. The quantitative estimate of drug-likeness (QED) is 0.848. The van der Waals surface area contributed by atoms with Crippen molar-refractivity contribution in [1.29, 1.82) is 0 Å². The molecule has 0 aliphatic carbocycles. The van der Waals surface area contributed by atoms with Crippen molar-refractivity contribution in [1.82, 2.24) is 4.98 Å². The third-order valence-electron chi connectivity index (χ3n) is 2.85. The average Bonchev–Trinajstić information content (AvgIpc) is 2.83. The van der Waals surface area contributed by atoms with Gasteiger partial charge in [-0.2, -0.15) is 0 Å². The van der Waals surface area contributed by atoms with Crippen LogP contribution in [0.3, 0.4) is 0 Å². The van der Waals surface area contributed by atoms with E-state index in [1.54, 1.807) is 33.4 Å². The lowest BCUT2D eigenvalue weighted by molar-refractivity contribution is 0.353. The molecule has 1 unspecified atom stereocenters. The Balaban J connectivity index is 2.29. The number of nitrogens with zero attached hydrogens (tertiary/aromatic N) is 1. The summed E-state index contributed by atoms with van der Waals surface area (Å²) in [5.74, 6) is 2.60. The Morgan fingerprint density at radius 2 is 1.85 bits per heavy atom. The van der Waals surface area contributed by atoms with Crippen molar-refractivity contribution in [2.75, 3.05) is 14.2 Å². The van der Waals surface area contributed by atoms with Crippen LogP contribution in [-0.4, -0.2) is 23.4 Å². The van der Waals surface area contributed by atoms with E-state index in [4.69, 9.17) is 13.9 Å². The number of oxazole rings is 1. The summed E-state index contributed by atoms with van der Waals surface area (Å²) in [5.41, 5.74) is 0.879. The van der Waals surface area contributed by atoms with Gasteiger partial charge >= 0.3 is 0 Å².